The molecule has 0 spiro atoms. The van der Waals surface area contributed by atoms with Gasteiger partial charge in [0.25, 0.3) is 0 Å². The van der Waals surface area contributed by atoms with E-state index in [0.29, 0.717) is 4.47 Å². The van der Waals surface area contributed by atoms with Crippen LogP contribution in [0.25, 0.3) is 11.4 Å². The van der Waals surface area contributed by atoms with Crippen LogP contribution in [0.1, 0.15) is 0 Å². The van der Waals surface area contributed by atoms with Gasteiger partial charge in [0, 0.05) is 0 Å². The number of nitrogens with two attached hydrogens (primary N) is 2. The third-order valence-electron chi connectivity index (χ3n) is 1.86. The van der Waals surface area contributed by atoms with Gasteiger partial charge >= 0.3 is 0 Å². The Morgan fingerprint density at radius 2 is 1.69 bits per heavy atom. The molecule has 0 bridgehead atoms. The highest BCUT2D eigenvalue weighted by atomic mass is 79.9. The first-order valence-electron chi connectivity index (χ1n) is 4.29. The van der Waals surface area contributed by atoms with Gasteiger partial charge in [-0.25, -0.2) is 4.39 Å². The van der Waals surface area contributed by atoms with Gasteiger partial charge in [-0.05, 0) is 28.1 Å². The summed E-state index contributed by atoms with van der Waals surface area (Å²) in [5, 5.41) is 0. The number of anilines is 2. The van der Waals surface area contributed by atoms with Crippen molar-refractivity contribution in [2.45, 2.75) is 0 Å². The Bertz CT molecular complexity index is 525. The topological polar surface area (TPSA) is 90.7 Å². The molecule has 5 nitrogen and oxygen atoms in total. The Morgan fingerprint density at radius 1 is 1.06 bits per heavy atom. The monoisotopic (exact) mass is 283 g/mol. The summed E-state index contributed by atoms with van der Waals surface area (Å²) in [6.07, 6.45) is 0. The molecular formula is C9H7BrFN5. The van der Waals surface area contributed by atoms with Gasteiger partial charge in [-0.3, -0.25) is 0 Å². The maximum atomic E-state index is 13.7. The van der Waals surface area contributed by atoms with Crippen LogP contribution >= 0.6 is 15.9 Å². The van der Waals surface area contributed by atoms with Crippen LogP contribution in [-0.2, 0) is 0 Å². The fourth-order valence-corrected chi connectivity index (χ4v) is 1.57. The highest BCUT2D eigenvalue weighted by Gasteiger charge is 2.12. The molecular weight excluding hydrogens is 277 g/mol. The molecule has 0 fully saturated rings. The Kier molecular flexibility index (Phi) is 2.69. The zero-order chi connectivity index (χ0) is 11.7. The van der Waals surface area contributed by atoms with Crippen LogP contribution in [0, 0.1) is 5.82 Å². The van der Waals surface area contributed by atoms with E-state index in [9.17, 15) is 4.39 Å². The van der Waals surface area contributed by atoms with Gasteiger partial charge in [-0.1, -0.05) is 6.07 Å². The van der Waals surface area contributed by atoms with Gasteiger partial charge in [-0.2, -0.15) is 15.0 Å². The largest absolute Gasteiger partial charge is 0.368 e. The van der Waals surface area contributed by atoms with Crippen LogP contribution < -0.4 is 11.5 Å². The predicted molar refractivity (Wildman–Crippen MR) is 61.7 cm³/mol. The van der Waals surface area contributed by atoms with Crippen molar-refractivity contribution in [2.75, 3.05) is 11.5 Å². The molecule has 0 radical (unpaired) electrons. The van der Waals surface area contributed by atoms with E-state index in [-0.39, 0.29) is 23.3 Å². The van der Waals surface area contributed by atoms with Gasteiger partial charge in [0.05, 0.1) is 10.0 Å². The van der Waals surface area contributed by atoms with Crippen molar-refractivity contribution in [2.24, 2.45) is 0 Å². The first-order valence-corrected chi connectivity index (χ1v) is 5.08. The molecule has 82 valence electrons. The minimum atomic E-state index is -0.465. The number of nitrogens with zero attached hydrogens (tertiary/aromatic N) is 3. The van der Waals surface area contributed by atoms with Crippen molar-refractivity contribution < 1.29 is 4.39 Å². The van der Waals surface area contributed by atoms with E-state index in [2.05, 4.69) is 30.9 Å². The molecule has 0 amide bonds. The van der Waals surface area contributed by atoms with Gasteiger partial charge < -0.3 is 11.5 Å². The minimum absolute atomic E-state index is 0.0399. The maximum Gasteiger partial charge on any atom is 0.225 e. The van der Waals surface area contributed by atoms with Crippen LogP contribution in [-0.4, -0.2) is 15.0 Å². The number of hydrogen-bond donors (Lipinski definition) is 2. The molecule has 1 aromatic heterocycles. The lowest BCUT2D eigenvalue weighted by Crippen LogP contribution is -2.05. The normalized spacial score (nSPS) is 10.4. The van der Waals surface area contributed by atoms with Crippen molar-refractivity contribution in [3.8, 4) is 11.4 Å². The second-order valence-corrected chi connectivity index (χ2v) is 3.83. The highest BCUT2D eigenvalue weighted by molar-refractivity contribution is 9.10. The average molecular weight is 284 g/mol. The number of benzene rings is 1. The van der Waals surface area contributed by atoms with E-state index < -0.39 is 5.82 Å². The third-order valence-corrected chi connectivity index (χ3v) is 2.47. The van der Waals surface area contributed by atoms with Gasteiger partial charge in [0.15, 0.2) is 5.82 Å². The lowest BCUT2D eigenvalue weighted by molar-refractivity contribution is 0.623. The first kappa shape index (κ1) is 10.7. The first-order chi connectivity index (χ1) is 7.58. The molecule has 4 N–H and O–H groups in total. The third kappa shape index (κ3) is 1.94. The lowest BCUT2D eigenvalue weighted by atomic mass is 10.2. The van der Waals surface area contributed by atoms with Crippen LogP contribution in [0.2, 0.25) is 0 Å². The van der Waals surface area contributed by atoms with Crippen molar-refractivity contribution in [1.82, 2.24) is 15.0 Å². The summed E-state index contributed by atoms with van der Waals surface area (Å²) in [6, 6.07) is 4.78. The average Bonchev–Trinajstić information content (AvgIpc) is 2.20. The van der Waals surface area contributed by atoms with Crippen molar-refractivity contribution in [3.63, 3.8) is 0 Å². The number of nitrogen functional groups attached to an aromatic ring is 2. The molecule has 0 aliphatic rings. The summed E-state index contributed by atoms with van der Waals surface area (Å²) < 4.78 is 14.0. The van der Waals surface area contributed by atoms with E-state index in [1.165, 1.54) is 6.07 Å². The molecule has 2 aromatic rings. The van der Waals surface area contributed by atoms with Gasteiger partial charge in [-0.15, -0.1) is 0 Å². The molecule has 1 aromatic carbocycles. The number of rotatable bonds is 1. The number of hydrogen-bond acceptors (Lipinski definition) is 5. The maximum absolute atomic E-state index is 13.7. The zero-order valence-electron chi connectivity index (χ0n) is 7.98. The fraction of sp³-hybridized carbons (Fsp3) is 0. The standard InChI is InChI=1S/C9H7BrFN5/c10-5-3-1-2-4(6(5)11)7-14-8(12)16-9(13)15-7/h1-3H,(H4,12,13,14,15,16). The second-order valence-electron chi connectivity index (χ2n) is 2.98. The minimum Gasteiger partial charge on any atom is -0.368 e. The molecule has 0 aliphatic carbocycles. The number of aromatic nitrogens is 3. The molecule has 0 aliphatic heterocycles. The molecule has 0 saturated heterocycles. The molecule has 16 heavy (non-hydrogen) atoms. The molecule has 7 heteroatoms. The summed E-state index contributed by atoms with van der Waals surface area (Å²) in [6.45, 7) is 0. The number of halogens is 2. The Hall–Kier alpha value is -1.76. The SMILES string of the molecule is Nc1nc(N)nc(-c2cccc(Br)c2F)n1. The van der Waals surface area contributed by atoms with Crippen molar-refractivity contribution in [3.05, 3.63) is 28.5 Å². The highest BCUT2D eigenvalue weighted by Crippen LogP contribution is 2.25. The molecule has 1 heterocycles. The van der Waals surface area contributed by atoms with E-state index in [4.69, 9.17) is 11.5 Å². The smallest absolute Gasteiger partial charge is 0.225 e. The molecule has 0 saturated carbocycles. The zero-order valence-corrected chi connectivity index (χ0v) is 9.57. The summed E-state index contributed by atoms with van der Waals surface area (Å²) in [7, 11) is 0. The van der Waals surface area contributed by atoms with E-state index in [1.54, 1.807) is 12.1 Å². The summed E-state index contributed by atoms with van der Waals surface area (Å²) >= 11 is 3.07. The van der Waals surface area contributed by atoms with Gasteiger partial charge in [0.1, 0.15) is 5.82 Å². The molecule has 2 rings (SSSR count). The van der Waals surface area contributed by atoms with Crippen LogP contribution in [0.4, 0.5) is 16.3 Å². The summed E-state index contributed by atoms with van der Waals surface area (Å²) in [4.78, 5) is 11.3. The van der Waals surface area contributed by atoms with Crippen molar-refractivity contribution >= 4 is 27.8 Å². The summed E-state index contributed by atoms with van der Waals surface area (Å²) in [5.41, 5.74) is 11.0. The molecule has 0 unspecified atom stereocenters. The Balaban J connectivity index is 2.63. The van der Waals surface area contributed by atoms with Crippen LogP contribution in [0.3, 0.4) is 0 Å². The van der Waals surface area contributed by atoms with E-state index in [1.807, 2.05) is 0 Å². The summed E-state index contributed by atoms with van der Waals surface area (Å²) in [5.74, 6) is -0.431. The van der Waals surface area contributed by atoms with Gasteiger partial charge in [0.2, 0.25) is 11.9 Å². The van der Waals surface area contributed by atoms with Crippen molar-refractivity contribution in [1.29, 1.82) is 0 Å². The Morgan fingerprint density at radius 3 is 2.31 bits per heavy atom. The fourth-order valence-electron chi connectivity index (χ4n) is 1.21. The van der Waals surface area contributed by atoms with Crippen LogP contribution in [0.15, 0.2) is 22.7 Å². The molecule has 0 atom stereocenters. The second kappa shape index (κ2) is 4.01. The van der Waals surface area contributed by atoms with Crippen LogP contribution in [0.5, 0.6) is 0 Å². The van der Waals surface area contributed by atoms with E-state index in [0.717, 1.165) is 0 Å². The quantitative estimate of drug-likeness (QED) is 0.830. The predicted octanol–water partition coefficient (Wildman–Crippen LogP) is 1.60. The van der Waals surface area contributed by atoms with E-state index >= 15 is 0 Å². The lowest BCUT2D eigenvalue weighted by Gasteiger charge is -2.04. The Labute approximate surface area is 98.9 Å².